The molecule has 1 amide bonds. The monoisotopic (exact) mass is 241 g/mol. The van der Waals surface area contributed by atoms with Crippen molar-refractivity contribution in [1.29, 1.82) is 0 Å². The van der Waals surface area contributed by atoms with Crippen molar-refractivity contribution in [2.75, 3.05) is 0 Å². The van der Waals surface area contributed by atoms with Gasteiger partial charge in [-0.2, -0.15) is 0 Å². The number of hydrogen-bond acceptors (Lipinski definition) is 2. The van der Waals surface area contributed by atoms with E-state index in [1.54, 1.807) is 0 Å². The SMILES string of the molecule is CCC(NC(=O)C(C)C(=O)O)C1CCCCC1. The molecule has 0 aromatic heterocycles. The van der Waals surface area contributed by atoms with Crippen LogP contribution < -0.4 is 5.32 Å². The van der Waals surface area contributed by atoms with Crippen molar-refractivity contribution >= 4 is 11.9 Å². The second-order valence-electron chi connectivity index (χ2n) is 4.98. The predicted octanol–water partition coefficient (Wildman–Crippen LogP) is 2.18. The predicted molar refractivity (Wildman–Crippen MR) is 65.6 cm³/mol. The zero-order valence-corrected chi connectivity index (χ0v) is 10.7. The molecule has 1 saturated carbocycles. The minimum atomic E-state index is -1.05. The van der Waals surface area contributed by atoms with Gasteiger partial charge >= 0.3 is 5.97 Å². The maximum atomic E-state index is 11.7. The normalized spacial score (nSPS) is 20.6. The standard InChI is InChI=1S/C13H23NO3/c1-3-11(10-7-5-4-6-8-10)14-12(15)9(2)13(16)17/h9-11H,3-8H2,1-2H3,(H,14,15)(H,16,17). The molecule has 1 aliphatic carbocycles. The van der Waals surface area contributed by atoms with Crippen LogP contribution in [0.1, 0.15) is 52.4 Å². The highest BCUT2D eigenvalue weighted by atomic mass is 16.4. The lowest BCUT2D eigenvalue weighted by molar-refractivity contribution is -0.146. The molecule has 0 heterocycles. The van der Waals surface area contributed by atoms with E-state index < -0.39 is 11.9 Å². The zero-order chi connectivity index (χ0) is 12.8. The Morgan fingerprint density at radius 2 is 1.88 bits per heavy atom. The molecule has 4 nitrogen and oxygen atoms in total. The lowest BCUT2D eigenvalue weighted by Crippen LogP contribution is -2.44. The van der Waals surface area contributed by atoms with Crippen LogP contribution in [0.25, 0.3) is 0 Å². The highest BCUT2D eigenvalue weighted by Crippen LogP contribution is 2.27. The van der Waals surface area contributed by atoms with Crippen LogP contribution in [0.5, 0.6) is 0 Å². The fourth-order valence-electron chi connectivity index (χ4n) is 2.51. The molecular formula is C13H23NO3. The summed E-state index contributed by atoms with van der Waals surface area (Å²) in [4.78, 5) is 22.4. The molecule has 0 aromatic carbocycles. The van der Waals surface area contributed by atoms with Gasteiger partial charge in [0.25, 0.3) is 0 Å². The van der Waals surface area contributed by atoms with Gasteiger partial charge in [-0.1, -0.05) is 26.2 Å². The molecule has 98 valence electrons. The van der Waals surface area contributed by atoms with E-state index in [0.717, 1.165) is 19.3 Å². The summed E-state index contributed by atoms with van der Waals surface area (Å²) in [5, 5.41) is 11.7. The Hall–Kier alpha value is -1.06. The molecule has 0 radical (unpaired) electrons. The second-order valence-corrected chi connectivity index (χ2v) is 4.98. The van der Waals surface area contributed by atoms with Crippen molar-refractivity contribution in [3.05, 3.63) is 0 Å². The van der Waals surface area contributed by atoms with Gasteiger partial charge in [-0.3, -0.25) is 9.59 Å². The van der Waals surface area contributed by atoms with E-state index in [1.165, 1.54) is 26.2 Å². The van der Waals surface area contributed by atoms with Gasteiger partial charge in [0, 0.05) is 6.04 Å². The molecule has 1 aliphatic rings. The maximum absolute atomic E-state index is 11.7. The molecule has 0 spiro atoms. The number of aliphatic carboxylic acids is 1. The van der Waals surface area contributed by atoms with Crippen molar-refractivity contribution in [3.8, 4) is 0 Å². The highest BCUT2D eigenvalue weighted by molar-refractivity contribution is 5.96. The molecular weight excluding hydrogens is 218 g/mol. The quantitative estimate of drug-likeness (QED) is 0.725. The van der Waals surface area contributed by atoms with Gasteiger partial charge in [0.05, 0.1) is 0 Å². The first-order valence-corrected chi connectivity index (χ1v) is 6.59. The van der Waals surface area contributed by atoms with E-state index in [2.05, 4.69) is 5.32 Å². The number of carboxylic acid groups (broad SMARTS) is 1. The first-order chi connectivity index (χ1) is 8.06. The van der Waals surface area contributed by atoms with Gasteiger partial charge in [0.2, 0.25) is 5.91 Å². The van der Waals surface area contributed by atoms with Crippen molar-refractivity contribution < 1.29 is 14.7 Å². The largest absolute Gasteiger partial charge is 0.481 e. The molecule has 0 saturated heterocycles. The van der Waals surface area contributed by atoms with Crippen molar-refractivity contribution in [2.45, 2.75) is 58.4 Å². The molecule has 0 aliphatic heterocycles. The maximum Gasteiger partial charge on any atom is 0.315 e. The average Bonchev–Trinajstić information content (AvgIpc) is 2.35. The van der Waals surface area contributed by atoms with Gasteiger partial charge in [0.15, 0.2) is 0 Å². The summed E-state index contributed by atoms with van der Waals surface area (Å²) >= 11 is 0. The Morgan fingerprint density at radius 3 is 2.35 bits per heavy atom. The molecule has 17 heavy (non-hydrogen) atoms. The highest BCUT2D eigenvalue weighted by Gasteiger charge is 2.27. The lowest BCUT2D eigenvalue weighted by Gasteiger charge is -2.30. The zero-order valence-electron chi connectivity index (χ0n) is 10.7. The number of hydrogen-bond donors (Lipinski definition) is 2. The number of rotatable bonds is 5. The number of carbonyl (C=O) groups excluding carboxylic acids is 1. The van der Waals surface area contributed by atoms with E-state index in [0.29, 0.717) is 5.92 Å². The lowest BCUT2D eigenvalue weighted by atomic mass is 9.83. The van der Waals surface area contributed by atoms with Gasteiger partial charge < -0.3 is 10.4 Å². The Labute approximate surface area is 103 Å². The van der Waals surface area contributed by atoms with Crippen LogP contribution >= 0.6 is 0 Å². The number of nitrogens with one attached hydrogen (secondary N) is 1. The number of amides is 1. The molecule has 2 atom stereocenters. The van der Waals surface area contributed by atoms with E-state index in [4.69, 9.17) is 5.11 Å². The number of carbonyl (C=O) groups is 2. The van der Waals surface area contributed by atoms with Gasteiger partial charge in [-0.25, -0.2) is 0 Å². The van der Waals surface area contributed by atoms with Crippen LogP contribution in [-0.2, 0) is 9.59 Å². The van der Waals surface area contributed by atoms with E-state index >= 15 is 0 Å². The van der Waals surface area contributed by atoms with Crippen LogP contribution in [0.3, 0.4) is 0 Å². The summed E-state index contributed by atoms with van der Waals surface area (Å²) in [6.45, 7) is 3.48. The van der Waals surface area contributed by atoms with Gasteiger partial charge in [-0.05, 0) is 32.1 Å². The average molecular weight is 241 g/mol. The third kappa shape index (κ3) is 4.02. The fourth-order valence-corrected chi connectivity index (χ4v) is 2.51. The minimum absolute atomic E-state index is 0.143. The van der Waals surface area contributed by atoms with Crippen LogP contribution in [-0.4, -0.2) is 23.0 Å². The van der Waals surface area contributed by atoms with Crippen LogP contribution in [0.15, 0.2) is 0 Å². The summed E-state index contributed by atoms with van der Waals surface area (Å²) in [6, 6.07) is 0.143. The van der Waals surface area contributed by atoms with Crippen LogP contribution in [0.4, 0.5) is 0 Å². The van der Waals surface area contributed by atoms with Crippen LogP contribution in [0, 0.1) is 11.8 Å². The molecule has 2 unspecified atom stereocenters. The summed E-state index contributed by atoms with van der Waals surface area (Å²) in [5.41, 5.74) is 0. The summed E-state index contributed by atoms with van der Waals surface area (Å²) in [7, 11) is 0. The van der Waals surface area contributed by atoms with E-state index in [-0.39, 0.29) is 11.9 Å². The van der Waals surface area contributed by atoms with Gasteiger partial charge in [-0.15, -0.1) is 0 Å². The Balaban J connectivity index is 2.50. The molecule has 1 fully saturated rings. The second kappa shape index (κ2) is 6.62. The smallest absolute Gasteiger partial charge is 0.315 e. The third-order valence-corrected chi connectivity index (χ3v) is 3.75. The Bertz CT molecular complexity index is 272. The van der Waals surface area contributed by atoms with Crippen LogP contribution in [0.2, 0.25) is 0 Å². The summed E-state index contributed by atoms with van der Waals surface area (Å²) in [5.74, 6) is -1.83. The first kappa shape index (κ1) is 14.0. The summed E-state index contributed by atoms with van der Waals surface area (Å²) in [6.07, 6.45) is 6.92. The van der Waals surface area contributed by atoms with Crippen molar-refractivity contribution in [2.24, 2.45) is 11.8 Å². The van der Waals surface area contributed by atoms with E-state index in [1.807, 2.05) is 6.92 Å². The molecule has 4 heteroatoms. The minimum Gasteiger partial charge on any atom is -0.481 e. The summed E-state index contributed by atoms with van der Waals surface area (Å²) < 4.78 is 0. The molecule has 0 bridgehead atoms. The van der Waals surface area contributed by atoms with Crippen molar-refractivity contribution in [1.82, 2.24) is 5.32 Å². The third-order valence-electron chi connectivity index (χ3n) is 3.75. The van der Waals surface area contributed by atoms with Crippen molar-refractivity contribution in [3.63, 3.8) is 0 Å². The molecule has 1 rings (SSSR count). The van der Waals surface area contributed by atoms with E-state index in [9.17, 15) is 9.59 Å². The molecule has 0 aromatic rings. The Kier molecular flexibility index (Phi) is 5.45. The first-order valence-electron chi connectivity index (χ1n) is 6.59. The number of carboxylic acids is 1. The fraction of sp³-hybridized carbons (Fsp3) is 0.846. The topological polar surface area (TPSA) is 66.4 Å². The Morgan fingerprint density at radius 1 is 1.29 bits per heavy atom. The molecule has 2 N–H and O–H groups in total. The van der Waals surface area contributed by atoms with Gasteiger partial charge in [0.1, 0.15) is 5.92 Å².